The van der Waals surface area contributed by atoms with Crippen LogP contribution in [0.4, 0.5) is 0 Å². The van der Waals surface area contributed by atoms with E-state index in [1.165, 1.54) is 5.57 Å². The quantitative estimate of drug-likeness (QED) is 0.860. The molecule has 0 saturated carbocycles. The van der Waals surface area contributed by atoms with E-state index in [0.29, 0.717) is 0 Å². The fraction of sp³-hybridized carbons (Fsp3) is 0.158. The highest BCUT2D eigenvalue weighted by Crippen LogP contribution is 2.42. The summed E-state index contributed by atoms with van der Waals surface area (Å²) >= 11 is 0. The summed E-state index contributed by atoms with van der Waals surface area (Å²) in [6, 6.07) is 14.7. The fourth-order valence-corrected chi connectivity index (χ4v) is 3.02. The Kier molecular flexibility index (Phi) is 3.30. The molecule has 0 heterocycles. The smallest absolute Gasteiger partial charge is 0.115 e. The standard InChI is InChI=1S/C19H18O2/c1-14-3-2-12-19(13-14,15-4-8-17(20)9-5-15)16-6-10-18(21)11-7-16/h2-12,20-21H,13H2,1H3. The highest BCUT2D eigenvalue weighted by Gasteiger charge is 2.33. The van der Waals surface area contributed by atoms with Crippen LogP contribution in [0.1, 0.15) is 24.5 Å². The number of benzene rings is 2. The van der Waals surface area contributed by atoms with Crippen LogP contribution >= 0.6 is 0 Å². The molecule has 0 atom stereocenters. The maximum Gasteiger partial charge on any atom is 0.115 e. The fourth-order valence-electron chi connectivity index (χ4n) is 3.02. The van der Waals surface area contributed by atoms with Crippen molar-refractivity contribution in [2.24, 2.45) is 0 Å². The van der Waals surface area contributed by atoms with Crippen molar-refractivity contribution < 1.29 is 10.2 Å². The first-order chi connectivity index (χ1) is 10.1. The molecule has 0 aromatic heterocycles. The average molecular weight is 278 g/mol. The van der Waals surface area contributed by atoms with Crippen LogP contribution in [-0.2, 0) is 5.41 Å². The predicted molar refractivity (Wildman–Crippen MR) is 84.5 cm³/mol. The summed E-state index contributed by atoms with van der Waals surface area (Å²) in [4.78, 5) is 0. The molecule has 0 fully saturated rings. The van der Waals surface area contributed by atoms with Crippen LogP contribution in [0.15, 0.2) is 72.3 Å². The molecule has 3 rings (SSSR count). The summed E-state index contributed by atoms with van der Waals surface area (Å²) in [5, 5.41) is 19.1. The zero-order valence-electron chi connectivity index (χ0n) is 12.0. The Labute approximate surface area is 124 Å². The van der Waals surface area contributed by atoms with Crippen molar-refractivity contribution >= 4 is 0 Å². The highest BCUT2D eigenvalue weighted by atomic mass is 16.3. The van der Waals surface area contributed by atoms with E-state index in [1.807, 2.05) is 24.3 Å². The summed E-state index contributed by atoms with van der Waals surface area (Å²) in [5.41, 5.74) is 3.32. The summed E-state index contributed by atoms with van der Waals surface area (Å²) in [6.45, 7) is 2.12. The number of phenolic OH excluding ortho intramolecular Hbond substituents is 2. The second kappa shape index (κ2) is 5.13. The molecule has 0 radical (unpaired) electrons. The Hall–Kier alpha value is -2.48. The molecule has 106 valence electrons. The molecule has 0 saturated heterocycles. The van der Waals surface area contributed by atoms with Crippen molar-refractivity contribution in [3.05, 3.63) is 83.5 Å². The molecule has 2 aromatic carbocycles. The normalized spacial score (nSPS) is 16.5. The lowest BCUT2D eigenvalue weighted by molar-refractivity contribution is 0.474. The zero-order chi connectivity index (χ0) is 14.9. The first-order valence-electron chi connectivity index (χ1n) is 7.04. The van der Waals surface area contributed by atoms with Crippen LogP contribution in [0.5, 0.6) is 11.5 Å². The SMILES string of the molecule is CC1=CC=CC(c2ccc(O)cc2)(c2ccc(O)cc2)C1. The van der Waals surface area contributed by atoms with Gasteiger partial charge < -0.3 is 10.2 Å². The lowest BCUT2D eigenvalue weighted by atomic mass is 9.68. The van der Waals surface area contributed by atoms with Crippen LogP contribution in [0.25, 0.3) is 0 Å². The van der Waals surface area contributed by atoms with Crippen LogP contribution in [0, 0.1) is 0 Å². The summed E-state index contributed by atoms with van der Waals surface area (Å²) < 4.78 is 0. The maximum atomic E-state index is 9.54. The van der Waals surface area contributed by atoms with E-state index in [-0.39, 0.29) is 16.9 Å². The molecule has 2 N–H and O–H groups in total. The van der Waals surface area contributed by atoms with Crippen LogP contribution in [0.2, 0.25) is 0 Å². The molecule has 0 amide bonds. The minimum Gasteiger partial charge on any atom is -0.508 e. The molecular weight excluding hydrogens is 260 g/mol. The second-order valence-electron chi connectivity index (χ2n) is 5.61. The van der Waals surface area contributed by atoms with Crippen molar-refractivity contribution in [3.63, 3.8) is 0 Å². The van der Waals surface area contributed by atoms with Gasteiger partial charge in [-0.05, 0) is 48.7 Å². The van der Waals surface area contributed by atoms with Gasteiger partial charge in [0.05, 0.1) is 0 Å². The Bertz CT molecular complexity index is 646. The van der Waals surface area contributed by atoms with Crippen molar-refractivity contribution in [1.29, 1.82) is 0 Å². The Balaban J connectivity index is 2.16. The lowest BCUT2D eigenvalue weighted by Crippen LogP contribution is -2.27. The first-order valence-corrected chi connectivity index (χ1v) is 7.04. The third-order valence-electron chi connectivity index (χ3n) is 4.08. The van der Waals surface area contributed by atoms with Crippen LogP contribution in [-0.4, -0.2) is 10.2 Å². The Morgan fingerprint density at radius 2 is 1.29 bits per heavy atom. The largest absolute Gasteiger partial charge is 0.508 e. The van der Waals surface area contributed by atoms with Crippen molar-refractivity contribution in [3.8, 4) is 11.5 Å². The van der Waals surface area contributed by atoms with Gasteiger partial charge in [-0.25, -0.2) is 0 Å². The summed E-state index contributed by atoms with van der Waals surface area (Å²) in [7, 11) is 0. The second-order valence-corrected chi connectivity index (χ2v) is 5.61. The van der Waals surface area contributed by atoms with Gasteiger partial charge in [0.15, 0.2) is 0 Å². The molecule has 1 aliphatic rings. The minimum atomic E-state index is -0.250. The van der Waals surface area contributed by atoms with Crippen molar-refractivity contribution in [2.45, 2.75) is 18.8 Å². The van der Waals surface area contributed by atoms with E-state index < -0.39 is 0 Å². The number of hydrogen-bond donors (Lipinski definition) is 2. The van der Waals surface area contributed by atoms with Gasteiger partial charge in [0, 0.05) is 5.41 Å². The summed E-state index contributed by atoms with van der Waals surface area (Å²) in [6.07, 6.45) is 7.29. The molecular formula is C19H18O2. The van der Waals surface area contributed by atoms with Crippen LogP contribution < -0.4 is 0 Å². The molecule has 0 aliphatic heterocycles. The van der Waals surface area contributed by atoms with Gasteiger partial charge in [-0.15, -0.1) is 0 Å². The number of allylic oxidation sites excluding steroid dienone is 4. The third-order valence-corrected chi connectivity index (χ3v) is 4.08. The third kappa shape index (κ3) is 2.45. The molecule has 1 aliphatic carbocycles. The van der Waals surface area contributed by atoms with Gasteiger partial charge in [0.25, 0.3) is 0 Å². The van der Waals surface area contributed by atoms with E-state index >= 15 is 0 Å². The first kappa shape index (κ1) is 13.5. The Morgan fingerprint density at radius 3 is 1.71 bits per heavy atom. The van der Waals surface area contributed by atoms with E-state index in [9.17, 15) is 10.2 Å². The van der Waals surface area contributed by atoms with Crippen molar-refractivity contribution in [1.82, 2.24) is 0 Å². The van der Waals surface area contributed by atoms with Gasteiger partial charge in [0.1, 0.15) is 11.5 Å². The van der Waals surface area contributed by atoms with Gasteiger partial charge in [-0.1, -0.05) is 48.1 Å². The van der Waals surface area contributed by atoms with E-state index in [2.05, 4.69) is 25.2 Å². The molecule has 0 bridgehead atoms. The van der Waals surface area contributed by atoms with Gasteiger partial charge in [-0.2, -0.15) is 0 Å². The summed E-state index contributed by atoms with van der Waals surface area (Å²) in [5.74, 6) is 0.540. The molecule has 2 nitrogen and oxygen atoms in total. The molecule has 0 spiro atoms. The molecule has 2 aromatic rings. The lowest BCUT2D eigenvalue weighted by Gasteiger charge is -2.34. The van der Waals surface area contributed by atoms with Crippen LogP contribution in [0.3, 0.4) is 0 Å². The predicted octanol–water partition coefficient (Wildman–Crippen LogP) is 4.29. The van der Waals surface area contributed by atoms with Gasteiger partial charge in [0.2, 0.25) is 0 Å². The van der Waals surface area contributed by atoms with E-state index in [4.69, 9.17) is 0 Å². The Morgan fingerprint density at radius 1 is 0.810 bits per heavy atom. The van der Waals surface area contributed by atoms with Crippen molar-refractivity contribution in [2.75, 3.05) is 0 Å². The average Bonchev–Trinajstić information content (AvgIpc) is 2.48. The van der Waals surface area contributed by atoms with E-state index in [1.54, 1.807) is 24.3 Å². The number of rotatable bonds is 2. The molecule has 21 heavy (non-hydrogen) atoms. The van der Waals surface area contributed by atoms with E-state index in [0.717, 1.165) is 17.5 Å². The topological polar surface area (TPSA) is 40.5 Å². The number of phenols is 2. The van der Waals surface area contributed by atoms with Gasteiger partial charge in [-0.3, -0.25) is 0 Å². The number of aromatic hydroxyl groups is 2. The minimum absolute atomic E-state index is 0.250. The zero-order valence-corrected chi connectivity index (χ0v) is 12.0. The molecule has 0 unspecified atom stereocenters. The number of hydrogen-bond acceptors (Lipinski definition) is 2. The maximum absolute atomic E-state index is 9.54. The molecule has 2 heteroatoms. The van der Waals surface area contributed by atoms with Gasteiger partial charge >= 0.3 is 0 Å². The monoisotopic (exact) mass is 278 g/mol. The highest BCUT2D eigenvalue weighted by molar-refractivity contribution is 5.50.